The highest BCUT2D eigenvalue weighted by Crippen LogP contribution is 2.34. The summed E-state index contributed by atoms with van der Waals surface area (Å²) in [4.78, 5) is 0.273. The molecule has 0 amide bonds. The molecule has 0 aromatic heterocycles. The fourth-order valence-corrected chi connectivity index (χ4v) is 14.6. The third kappa shape index (κ3) is 2.48. The quantitative estimate of drug-likeness (QED) is 0.435. The number of nitrogens with one attached hydrogen (secondary N) is 1. The van der Waals surface area contributed by atoms with Crippen LogP contribution in [0.3, 0.4) is 0 Å². The van der Waals surface area contributed by atoms with Crippen LogP contribution in [0.15, 0.2) is 0 Å². The van der Waals surface area contributed by atoms with Gasteiger partial charge in [0.2, 0.25) is 0 Å². The fourth-order valence-electron chi connectivity index (χ4n) is 2.76. The van der Waals surface area contributed by atoms with Crippen molar-refractivity contribution in [1.82, 2.24) is 5.43 Å². The third-order valence-corrected chi connectivity index (χ3v) is 13.8. The van der Waals surface area contributed by atoms with Crippen molar-refractivity contribution in [3.63, 3.8) is 0 Å². The normalized spacial score (nSPS) is 14.6. The molecule has 0 rings (SSSR count). The van der Waals surface area contributed by atoms with E-state index in [4.69, 9.17) is 5.84 Å². The van der Waals surface area contributed by atoms with Gasteiger partial charge in [-0.3, -0.25) is 11.3 Å². The lowest BCUT2D eigenvalue weighted by Gasteiger charge is -2.51. The SMILES string of the molecule is CCCC(NN)([Si](C)(C)C)[Si](C)(C)C. The van der Waals surface area contributed by atoms with Gasteiger partial charge in [0, 0.05) is 4.79 Å². The molecule has 0 radical (unpaired) electrons. The molecule has 2 nitrogen and oxygen atoms in total. The molecule has 0 aliphatic rings. The largest absolute Gasteiger partial charge is 0.271 e. The van der Waals surface area contributed by atoms with E-state index >= 15 is 0 Å². The summed E-state index contributed by atoms with van der Waals surface area (Å²) in [5, 5.41) is 0. The standard InChI is InChI=1S/C10H28N2Si2/c1-8-9-10(12-11,13(2,3)4)14(5,6)7/h12H,8-9,11H2,1-7H3. The summed E-state index contributed by atoms with van der Waals surface area (Å²) in [5.41, 5.74) is 3.22. The third-order valence-electron chi connectivity index (χ3n) is 3.43. The van der Waals surface area contributed by atoms with Crippen molar-refractivity contribution in [3.05, 3.63) is 0 Å². The molecule has 0 aromatic rings. The van der Waals surface area contributed by atoms with Gasteiger partial charge in [-0.25, -0.2) is 0 Å². The summed E-state index contributed by atoms with van der Waals surface area (Å²) >= 11 is 0. The summed E-state index contributed by atoms with van der Waals surface area (Å²) in [6, 6.07) is 0. The molecule has 0 saturated heterocycles. The number of rotatable bonds is 5. The maximum Gasteiger partial charge on any atom is 0.0655 e. The van der Waals surface area contributed by atoms with Crippen molar-refractivity contribution in [1.29, 1.82) is 0 Å². The highest BCUT2D eigenvalue weighted by molar-refractivity contribution is 6.98. The van der Waals surface area contributed by atoms with Gasteiger partial charge in [-0.05, 0) is 6.42 Å². The minimum absolute atomic E-state index is 0.273. The van der Waals surface area contributed by atoms with Crippen LogP contribution in [0.4, 0.5) is 0 Å². The van der Waals surface area contributed by atoms with E-state index in [-0.39, 0.29) is 4.79 Å². The lowest BCUT2D eigenvalue weighted by molar-refractivity contribution is 0.521. The van der Waals surface area contributed by atoms with Crippen molar-refractivity contribution >= 4 is 16.1 Å². The molecular weight excluding hydrogens is 204 g/mol. The minimum Gasteiger partial charge on any atom is -0.271 e. The Morgan fingerprint density at radius 1 is 1.00 bits per heavy atom. The summed E-state index contributed by atoms with van der Waals surface area (Å²) < 4.78 is 0. The zero-order valence-electron chi connectivity index (χ0n) is 11.0. The second-order valence-electron chi connectivity index (χ2n) is 6.30. The Kier molecular flexibility index (Phi) is 4.58. The van der Waals surface area contributed by atoms with Crippen LogP contribution < -0.4 is 11.3 Å². The average Bonchev–Trinajstić information content (AvgIpc) is 1.94. The Labute approximate surface area is 91.6 Å². The molecule has 4 heteroatoms. The van der Waals surface area contributed by atoms with Gasteiger partial charge in [0.1, 0.15) is 0 Å². The molecule has 14 heavy (non-hydrogen) atoms. The average molecular weight is 233 g/mol. The Morgan fingerprint density at radius 3 is 1.43 bits per heavy atom. The van der Waals surface area contributed by atoms with E-state index in [2.05, 4.69) is 51.6 Å². The zero-order chi connectivity index (χ0) is 11.6. The van der Waals surface area contributed by atoms with Crippen LogP contribution in [-0.2, 0) is 0 Å². The topological polar surface area (TPSA) is 38.0 Å². The van der Waals surface area contributed by atoms with Crippen molar-refractivity contribution in [2.45, 2.75) is 63.8 Å². The second-order valence-corrected chi connectivity index (χ2v) is 17.5. The van der Waals surface area contributed by atoms with Crippen LogP contribution in [0, 0.1) is 0 Å². The van der Waals surface area contributed by atoms with Crippen LogP contribution in [-0.4, -0.2) is 20.9 Å². The van der Waals surface area contributed by atoms with Crippen molar-refractivity contribution < 1.29 is 0 Å². The second kappa shape index (κ2) is 4.47. The van der Waals surface area contributed by atoms with Crippen molar-refractivity contribution in [3.8, 4) is 0 Å². The molecule has 0 unspecified atom stereocenters. The van der Waals surface area contributed by atoms with E-state index in [0.29, 0.717) is 0 Å². The molecule has 0 bridgehead atoms. The van der Waals surface area contributed by atoms with Crippen LogP contribution in [0.25, 0.3) is 0 Å². The van der Waals surface area contributed by atoms with Crippen molar-refractivity contribution in [2.24, 2.45) is 5.84 Å². The van der Waals surface area contributed by atoms with E-state index in [1.165, 1.54) is 12.8 Å². The predicted molar refractivity (Wildman–Crippen MR) is 71.7 cm³/mol. The minimum atomic E-state index is -1.27. The predicted octanol–water partition coefficient (Wildman–Crippen LogP) is 2.74. The van der Waals surface area contributed by atoms with Gasteiger partial charge in [0.15, 0.2) is 0 Å². The first-order valence-electron chi connectivity index (χ1n) is 5.60. The van der Waals surface area contributed by atoms with E-state index < -0.39 is 16.1 Å². The smallest absolute Gasteiger partial charge is 0.0655 e. The number of hydrazine groups is 1. The lowest BCUT2D eigenvalue weighted by atomic mass is 10.3. The molecule has 0 fully saturated rings. The fraction of sp³-hybridized carbons (Fsp3) is 1.00. The van der Waals surface area contributed by atoms with E-state index in [1.54, 1.807) is 0 Å². The van der Waals surface area contributed by atoms with Gasteiger partial charge in [-0.15, -0.1) is 0 Å². The van der Waals surface area contributed by atoms with Crippen LogP contribution in [0.1, 0.15) is 19.8 Å². The molecule has 0 aromatic carbocycles. The summed E-state index contributed by atoms with van der Waals surface area (Å²) in [5.74, 6) is 5.89. The Balaban J connectivity index is 5.21. The first-order chi connectivity index (χ1) is 6.12. The maximum absolute atomic E-state index is 5.89. The van der Waals surface area contributed by atoms with Crippen LogP contribution in [0.5, 0.6) is 0 Å². The molecule has 0 atom stereocenters. The summed E-state index contributed by atoms with van der Waals surface area (Å²) in [6.07, 6.45) is 2.45. The van der Waals surface area contributed by atoms with E-state index in [0.717, 1.165) is 0 Å². The lowest BCUT2D eigenvalue weighted by Crippen LogP contribution is -2.75. The molecular formula is C10H28N2Si2. The molecule has 0 aliphatic carbocycles. The van der Waals surface area contributed by atoms with Crippen molar-refractivity contribution in [2.75, 3.05) is 0 Å². The van der Waals surface area contributed by atoms with Gasteiger partial charge in [0.05, 0.1) is 16.1 Å². The monoisotopic (exact) mass is 232 g/mol. The number of hydrogen-bond donors (Lipinski definition) is 2. The molecule has 3 N–H and O–H groups in total. The molecule has 0 saturated carbocycles. The van der Waals surface area contributed by atoms with Gasteiger partial charge < -0.3 is 0 Å². The number of hydrogen-bond acceptors (Lipinski definition) is 2. The Bertz CT molecular complexity index is 166. The van der Waals surface area contributed by atoms with E-state index in [1.807, 2.05) is 0 Å². The molecule has 0 spiro atoms. The highest BCUT2D eigenvalue weighted by Gasteiger charge is 2.51. The Hall–Kier alpha value is 0.354. The van der Waals surface area contributed by atoms with E-state index in [9.17, 15) is 0 Å². The van der Waals surface area contributed by atoms with Gasteiger partial charge in [-0.2, -0.15) is 0 Å². The van der Waals surface area contributed by atoms with Crippen LogP contribution in [0.2, 0.25) is 39.3 Å². The van der Waals surface area contributed by atoms with Crippen LogP contribution >= 0.6 is 0 Å². The Morgan fingerprint density at radius 2 is 1.36 bits per heavy atom. The van der Waals surface area contributed by atoms with Gasteiger partial charge in [-0.1, -0.05) is 52.6 Å². The zero-order valence-corrected chi connectivity index (χ0v) is 13.0. The first-order valence-corrected chi connectivity index (χ1v) is 12.6. The molecule has 0 heterocycles. The van der Waals surface area contributed by atoms with Gasteiger partial charge in [0.25, 0.3) is 0 Å². The number of nitrogens with two attached hydrogens (primary N) is 1. The summed E-state index contributed by atoms with van der Waals surface area (Å²) in [6.45, 7) is 16.8. The summed E-state index contributed by atoms with van der Waals surface area (Å²) in [7, 11) is -2.54. The maximum atomic E-state index is 5.89. The van der Waals surface area contributed by atoms with Gasteiger partial charge >= 0.3 is 0 Å². The molecule has 86 valence electrons. The first kappa shape index (κ1) is 14.4. The molecule has 0 aliphatic heterocycles. The highest BCUT2D eigenvalue weighted by atomic mass is 28.4.